The number of imidazole rings is 1. The highest BCUT2D eigenvalue weighted by Crippen LogP contribution is 2.18. The third-order valence-electron chi connectivity index (χ3n) is 3.39. The molecule has 0 aliphatic heterocycles. The van der Waals surface area contributed by atoms with Crippen molar-refractivity contribution in [3.8, 4) is 6.07 Å². The quantitative estimate of drug-likeness (QED) is 0.781. The van der Waals surface area contributed by atoms with Crippen LogP contribution in [-0.2, 0) is 17.9 Å². The molecule has 0 saturated carbocycles. The minimum atomic E-state index is -4.36. The van der Waals surface area contributed by atoms with E-state index in [1.165, 1.54) is 36.5 Å². The van der Waals surface area contributed by atoms with Gasteiger partial charge in [-0.05, 0) is 17.7 Å². The van der Waals surface area contributed by atoms with Crippen LogP contribution in [-0.4, -0.2) is 33.6 Å². The fourth-order valence-corrected chi connectivity index (χ4v) is 2.15. The van der Waals surface area contributed by atoms with Crippen molar-refractivity contribution in [2.24, 2.45) is 0 Å². The lowest BCUT2D eigenvalue weighted by Crippen LogP contribution is -2.27. The monoisotopic (exact) mass is 348 g/mol. The van der Waals surface area contributed by atoms with Crippen molar-refractivity contribution in [1.29, 1.82) is 5.26 Å². The van der Waals surface area contributed by atoms with Gasteiger partial charge in [0.1, 0.15) is 12.4 Å². The number of nitrogens with zero attached hydrogens (tertiary/aromatic N) is 4. The van der Waals surface area contributed by atoms with E-state index in [0.29, 0.717) is 11.1 Å². The zero-order chi connectivity index (χ0) is 18.4. The van der Waals surface area contributed by atoms with Crippen LogP contribution in [0, 0.1) is 11.3 Å². The number of hydrogen-bond donors (Lipinski definition) is 0. The van der Waals surface area contributed by atoms with Gasteiger partial charge in [0.25, 0.3) is 0 Å². The van der Waals surface area contributed by atoms with E-state index in [0.717, 1.165) is 4.57 Å². The highest BCUT2D eigenvalue weighted by atomic mass is 19.4. The maximum atomic E-state index is 12.5. The van der Waals surface area contributed by atoms with Crippen LogP contribution in [0.25, 0.3) is 6.08 Å². The number of hydrogen-bond acceptors (Lipinski definition) is 3. The molecule has 0 radical (unpaired) electrons. The zero-order valence-electron chi connectivity index (χ0n) is 13.4. The van der Waals surface area contributed by atoms with E-state index in [1.54, 1.807) is 24.3 Å². The normalized spacial score (nSPS) is 11.5. The van der Waals surface area contributed by atoms with Crippen molar-refractivity contribution < 1.29 is 18.0 Å². The van der Waals surface area contributed by atoms with Crippen molar-refractivity contribution in [2.75, 3.05) is 7.05 Å². The fraction of sp³-hybridized carbons (Fsp3) is 0.235. The van der Waals surface area contributed by atoms with Crippen molar-refractivity contribution in [1.82, 2.24) is 14.5 Å². The molecule has 0 spiro atoms. The average Bonchev–Trinajstić information content (AvgIpc) is 2.97. The van der Waals surface area contributed by atoms with E-state index in [9.17, 15) is 18.0 Å². The molecule has 0 saturated heterocycles. The second-order valence-electron chi connectivity index (χ2n) is 5.31. The Hall–Kier alpha value is -3.08. The molecule has 1 amide bonds. The third kappa shape index (κ3) is 5.21. The van der Waals surface area contributed by atoms with Gasteiger partial charge in [-0.1, -0.05) is 18.2 Å². The van der Waals surface area contributed by atoms with E-state index in [4.69, 9.17) is 5.26 Å². The number of amides is 1. The molecule has 5 nitrogen and oxygen atoms in total. The number of alkyl halides is 3. The molecule has 8 heteroatoms. The van der Waals surface area contributed by atoms with Crippen molar-refractivity contribution in [2.45, 2.75) is 19.3 Å². The summed E-state index contributed by atoms with van der Waals surface area (Å²) in [4.78, 5) is 17.3. The van der Waals surface area contributed by atoms with Gasteiger partial charge in [0, 0.05) is 25.5 Å². The Morgan fingerprint density at radius 3 is 2.80 bits per heavy atom. The molecule has 1 aromatic heterocycles. The van der Waals surface area contributed by atoms with Crippen molar-refractivity contribution in [3.05, 3.63) is 59.7 Å². The Kier molecular flexibility index (Phi) is 5.60. The molecule has 1 heterocycles. The molecule has 0 atom stereocenters. The SMILES string of the molecule is CN(Cc1nccn1CC(F)(F)F)C(=O)/C=C/c1ccccc1C#N. The Labute approximate surface area is 142 Å². The molecule has 0 N–H and O–H groups in total. The van der Waals surface area contributed by atoms with E-state index >= 15 is 0 Å². The van der Waals surface area contributed by atoms with Gasteiger partial charge in [-0.25, -0.2) is 4.98 Å². The molecule has 2 rings (SSSR count). The first-order valence-electron chi connectivity index (χ1n) is 7.29. The molecule has 0 aliphatic rings. The van der Waals surface area contributed by atoms with Gasteiger partial charge >= 0.3 is 6.18 Å². The van der Waals surface area contributed by atoms with Gasteiger partial charge < -0.3 is 9.47 Å². The van der Waals surface area contributed by atoms with E-state index in [-0.39, 0.29) is 12.4 Å². The van der Waals surface area contributed by atoms with Gasteiger partial charge in [0.15, 0.2) is 0 Å². The molecule has 0 fully saturated rings. The molecule has 0 unspecified atom stereocenters. The van der Waals surface area contributed by atoms with Crippen LogP contribution >= 0.6 is 0 Å². The standard InChI is InChI=1S/C17H15F3N4O/c1-23(11-15-22-8-9-24(15)12-17(18,19)20)16(25)7-6-13-4-2-3-5-14(13)10-21/h2-9H,11-12H2,1H3/b7-6+. The van der Waals surface area contributed by atoms with Crippen LogP contribution in [0.15, 0.2) is 42.7 Å². The third-order valence-corrected chi connectivity index (χ3v) is 3.39. The lowest BCUT2D eigenvalue weighted by Gasteiger charge is -2.17. The van der Waals surface area contributed by atoms with Crippen LogP contribution in [0.4, 0.5) is 13.2 Å². The predicted octanol–water partition coefficient (Wildman–Crippen LogP) is 2.99. The number of halogens is 3. The Morgan fingerprint density at radius 1 is 1.40 bits per heavy atom. The minimum absolute atomic E-state index is 0.0633. The molecule has 2 aromatic rings. The van der Waals surface area contributed by atoms with E-state index < -0.39 is 18.6 Å². The summed E-state index contributed by atoms with van der Waals surface area (Å²) in [6.07, 6.45) is 0.893. The summed E-state index contributed by atoms with van der Waals surface area (Å²) in [5, 5.41) is 9.01. The summed E-state index contributed by atoms with van der Waals surface area (Å²) < 4.78 is 38.5. The highest BCUT2D eigenvalue weighted by molar-refractivity contribution is 5.91. The largest absolute Gasteiger partial charge is 0.406 e. The van der Waals surface area contributed by atoms with Gasteiger partial charge in [0.2, 0.25) is 5.91 Å². The van der Waals surface area contributed by atoms with Gasteiger partial charge in [0.05, 0.1) is 18.2 Å². The number of carbonyl (C=O) groups excluding carboxylic acids is 1. The minimum Gasteiger partial charge on any atom is -0.335 e. The van der Waals surface area contributed by atoms with Crippen LogP contribution in [0.2, 0.25) is 0 Å². The Morgan fingerprint density at radius 2 is 2.12 bits per heavy atom. The molecule has 1 aromatic carbocycles. The summed E-state index contributed by atoms with van der Waals surface area (Å²) in [6, 6.07) is 8.79. The fourth-order valence-electron chi connectivity index (χ4n) is 2.15. The molecule has 25 heavy (non-hydrogen) atoms. The maximum Gasteiger partial charge on any atom is 0.406 e. The molecule has 0 bridgehead atoms. The van der Waals surface area contributed by atoms with Crippen LogP contribution < -0.4 is 0 Å². The predicted molar refractivity (Wildman–Crippen MR) is 84.9 cm³/mol. The lowest BCUT2D eigenvalue weighted by molar-refractivity contribution is -0.141. The van der Waals surface area contributed by atoms with E-state index in [2.05, 4.69) is 4.98 Å². The lowest BCUT2D eigenvalue weighted by atomic mass is 10.1. The summed E-state index contributed by atoms with van der Waals surface area (Å²) in [6.45, 7) is -1.22. The first-order chi connectivity index (χ1) is 11.8. The van der Waals surface area contributed by atoms with E-state index in [1.807, 2.05) is 6.07 Å². The number of benzene rings is 1. The summed E-state index contributed by atoms with van der Waals surface area (Å²) in [7, 11) is 1.47. The zero-order valence-corrected chi connectivity index (χ0v) is 13.4. The van der Waals surface area contributed by atoms with Gasteiger partial charge in [-0.2, -0.15) is 18.4 Å². The highest BCUT2D eigenvalue weighted by Gasteiger charge is 2.29. The molecular formula is C17H15F3N4O. The van der Waals surface area contributed by atoms with Crippen LogP contribution in [0.5, 0.6) is 0 Å². The first-order valence-corrected chi connectivity index (χ1v) is 7.29. The number of rotatable bonds is 5. The molecule has 130 valence electrons. The first kappa shape index (κ1) is 18.3. The van der Waals surface area contributed by atoms with Gasteiger partial charge in [-0.3, -0.25) is 4.79 Å². The average molecular weight is 348 g/mol. The van der Waals surface area contributed by atoms with Gasteiger partial charge in [-0.15, -0.1) is 0 Å². The number of carbonyl (C=O) groups is 1. The number of likely N-dealkylation sites (N-methyl/N-ethyl adjacent to an activating group) is 1. The molecule has 0 aliphatic carbocycles. The van der Waals surface area contributed by atoms with Crippen molar-refractivity contribution >= 4 is 12.0 Å². The topological polar surface area (TPSA) is 61.9 Å². The second-order valence-corrected chi connectivity index (χ2v) is 5.31. The summed E-state index contributed by atoms with van der Waals surface area (Å²) in [5.41, 5.74) is 1.01. The van der Waals surface area contributed by atoms with Crippen LogP contribution in [0.3, 0.4) is 0 Å². The molecular weight excluding hydrogens is 333 g/mol. The van der Waals surface area contributed by atoms with Crippen LogP contribution in [0.1, 0.15) is 17.0 Å². The van der Waals surface area contributed by atoms with Crippen molar-refractivity contribution in [3.63, 3.8) is 0 Å². The number of nitriles is 1. The second kappa shape index (κ2) is 7.66. The summed E-state index contributed by atoms with van der Waals surface area (Å²) in [5.74, 6) is -0.270. The maximum absolute atomic E-state index is 12.5. The smallest absolute Gasteiger partial charge is 0.335 e. The summed E-state index contributed by atoms with van der Waals surface area (Å²) >= 11 is 0. The number of aromatic nitrogens is 2. The Balaban J connectivity index is 2.05. The Bertz CT molecular complexity index is 818.